The SMILES string of the molecule is C[C@H]1CN([C@@H](C)CO)C(=O)Cc2cc(NC(=O)C3CC3)ccc2O[C@@H]1CN(C)Cc1ccc(C(=O)O)cc1. The zero-order valence-corrected chi connectivity index (χ0v) is 22.2. The Morgan fingerprint density at radius 2 is 1.89 bits per heavy atom. The molecule has 3 atom stereocenters. The number of aliphatic hydroxyl groups is 1. The van der Waals surface area contributed by atoms with Gasteiger partial charge in [-0.3, -0.25) is 14.5 Å². The lowest BCUT2D eigenvalue weighted by Crippen LogP contribution is -2.47. The molecule has 3 N–H and O–H groups in total. The highest BCUT2D eigenvalue weighted by Gasteiger charge is 2.32. The van der Waals surface area contributed by atoms with Crippen molar-refractivity contribution in [3.63, 3.8) is 0 Å². The first-order valence-electron chi connectivity index (χ1n) is 13.2. The lowest BCUT2D eigenvalue weighted by Gasteiger charge is -2.34. The van der Waals surface area contributed by atoms with E-state index >= 15 is 0 Å². The second-order valence-corrected chi connectivity index (χ2v) is 10.7. The van der Waals surface area contributed by atoms with Crippen LogP contribution in [0.5, 0.6) is 5.75 Å². The van der Waals surface area contributed by atoms with Gasteiger partial charge in [0, 0.05) is 42.7 Å². The minimum atomic E-state index is -0.956. The van der Waals surface area contributed by atoms with E-state index in [1.54, 1.807) is 17.0 Å². The number of nitrogens with one attached hydrogen (secondary N) is 1. The van der Waals surface area contributed by atoms with E-state index in [9.17, 15) is 19.5 Å². The third-order valence-electron chi connectivity index (χ3n) is 7.28. The highest BCUT2D eigenvalue weighted by molar-refractivity contribution is 5.94. The maximum absolute atomic E-state index is 13.3. The Bertz CT molecular complexity index is 1160. The van der Waals surface area contributed by atoms with Crippen molar-refractivity contribution in [2.24, 2.45) is 11.8 Å². The summed E-state index contributed by atoms with van der Waals surface area (Å²) in [5.41, 5.74) is 2.57. The second kappa shape index (κ2) is 12.0. The summed E-state index contributed by atoms with van der Waals surface area (Å²) in [5, 5.41) is 21.9. The minimum absolute atomic E-state index is 0.000279. The van der Waals surface area contributed by atoms with Gasteiger partial charge in [-0.2, -0.15) is 0 Å². The first-order chi connectivity index (χ1) is 18.1. The summed E-state index contributed by atoms with van der Waals surface area (Å²) in [6.45, 7) is 5.34. The number of benzene rings is 2. The van der Waals surface area contributed by atoms with Crippen LogP contribution in [0, 0.1) is 11.8 Å². The number of ether oxygens (including phenoxy) is 1. The molecule has 2 aromatic carbocycles. The normalized spacial score (nSPS) is 20.6. The highest BCUT2D eigenvalue weighted by Crippen LogP contribution is 2.32. The van der Waals surface area contributed by atoms with E-state index in [0.717, 1.165) is 18.4 Å². The molecule has 1 heterocycles. The van der Waals surface area contributed by atoms with Crippen molar-refractivity contribution in [2.45, 2.75) is 51.8 Å². The van der Waals surface area contributed by atoms with E-state index in [0.29, 0.717) is 36.6 Å². The molecule has 38 heavy (non-hydrogen) atoms. The first kappa shape index (κ1) is 27.6. The maximum Gasteiger partial charge on any atom is 0.335 e. The van der Waals surface area contributed by atoms with E-state index < -0.39 is 5.97 Å². The molecule has 1 saturated carbocycles. The van der Waals surface area contributed by atoms with Crippen LogP contribution in [0.4, 0.5) is 5.69 Å². The molecule has 9 heteroatoms. The van der Waals surface area contributed by atoms with E-state index in [-0.39, 0.29) is 54.4 Å². The predicted octanol–water partition coefficient (Wildman–Crippen LogP) is 3.01. The summed E-state index contributed by atoms with van der Waals surface area (Å²) < 4.78 is 6.54. The Kier molecular flexibility index (Phi) is 8.69. The van der Waals surface area contributed by atoms with Crippen molar-refractivity contribution >= 4 is 23.5 Å². The molecule has 0 unspecified atom stereocenters. The Morgan fingerprint density at radius 1 is 1.18 bits per heavy atom. The third kappa shape index (κ3) is 6.90. The first-order valence-corrected chi connectivity index (χ1v) is 13.2. The Balaban J connectivity index is 1.56. The maximum atomic E-state index is 13.3. The molecule has 0 radical (unpaired) electrons. The van der Waals surface area contributed by atoms with Crippen LogP contribution in [0.1, 0.15) is 48.2 Å². The van der Waals surface area contributed by atoms with Crippen LogP contribution >= 0.6 is 0 Å². The van der Waals surface area contributed by atoms with Gasteiger partial charge in [0.1, 0.15) is 11.9 Å². The molecule has 4 rings (SSSR count). The average molecular weight is 524 g/mol. The van der Waals surface area contributed by atoms with Crippen molar-refractivity contribution in [3.8, 4) is 5.75 Å². The van der Waals surface area contributed by atoms with Gasteiger partial charge in [-0.15, -0.1) is 0 Å². The number of hydrogen-bond donors (Lipinski definition) is 3. The van der Waals surface area contributed by atoms with Crippen molar-refractivity contribution in [1.82, 2.24) is 9.80 Å². The lowest BCUT2D eigenvalue weighted by atomic mass is 10.0. The Morgan fingerprint density at radius 3 is 2.53 bits per heavy atom. The largest absolute Gasteiger partial charge is 0.488 e. The van der Waals surface area contributed by atoms with E-state index in [4.69, 9.17) is 9.84 Å². The average Bonchev–Trinajstić information content (AvgIpc) is 3.73. The number of carboxylic acid groups (broad SMARTS) is 1. The van der Waals surface area contributed by atoms with Gasteiger partial charge in [0.05, 0.1) is 24.6 Å². The number of hydrogen-bond acceptors (Lipinski definition) is 6. The number of carbonyl (C=O) groups excluding carboxylic acids is 2. The molecule has 1 fully saturated rings. The fourth-order valence-corrected chi connectivity index (χ4v) is 4.75. The minimum Gasteiger partial charge on any atom is -0.488 e. The van der Waals surface area contributed by atoms with E-state index in [2.05, 4.69) is 10.2 Å². The molecule has 2 aliphatic rings. The summed E-state index contributed by atoms with van der Waals surface area (Å²) in [6.07, 6.45) is 1.66. The number of rotatable bonds is 9. The number of anilines is 1. The number of carboxylic acids is 1. The van der Waals surface area contributed by atoms with Crippen molar-refractivity contribution in [3.05, 3.63) is 59.2 Å². The summed E-state index contributed by atoms with van der Waals surface area (Å²) in [6, 6.07) is 11.9. The summed E-state index contributed by atoms with van der Waals surface area (Å²) in [5.74, 6) is -0.410. The number of amides is 2. The quantitative estimate of drug-likeness (QED) is 0.462. The van der Waals surface area contributed by atoms with Crippen LogP contribution in [0.15, 0.2) is 42.5 Å². The molecular formula is C29H37N3O6. The lowest BCUT2D eigenvalue weighted by molar-refractivity contribution is -0.134. The molecule has 0 spiro atoms. The number of carbonyl (C=O) groups is 3. The number of aromatic carboxylic acids is 1. The van der Waals surface area contributed by atoms with Gasteiger partial charge in [0.2, 0.25) is 11.8 Å². The zero-order chi connectivity index (χ0) is 27.4. The molecule has 1 aliphatic heterocycles. The predicted molar refractivity (Wildman–Crippen MR) is 143 cm³/mol. The Hall–Kier alpha value is -3.43. The van der Waals surface area contributed by atoms with E-state index in [1.165, 1.54) is 0 Å². The standard InChI is InChI=1S/C29H37N3O6/c1-18-14-32(19(2)17-33)27(34)13-23-12-24(30-28(35)21-8-9-21)10-11-25(23)38-26(18)16-31(3)15-20-4-6-22(7-5-20)29(36)37/h4-7,10-12,18-19,21,26,33H,8-9,13-17H2,1-3H3,(H,30,35)(H,36,37)/t18-,19-,26+/m0/s1. The molecule has 9 nitrogen and oxygen atoms in total. The monoisotopic (exact) mass is 523 g/mol. The van der Waals surface area contributed by atoms with Crippen LogP contribution in [0.3, 0.4) is 0 Å². The molecule has 0 saturated heterocycles. The number of likely N-dealkylation sites (N-methyl/N-ethyl adjacent to an activating group) is 1. The van der Waals surface area contributed by atoms with Crippen molar-refractivity contribution in [1.29, 1.82) is 0 Å². The Labute approximate surface area is 223 Å². The molecule has 0 bridgehead atoms. The van der Waals surface area contributed by atoms with Crippen LogP contribution in [-0.2, 0) is 22.6 Å². The summed E-state index contributed by atoms with van der Waals surface area (Å²) >= 11 is 0. The van der Waals surface area contributed by atoms with Crippen LogP contribution < -0.4 is 10.1 Å². The summed E-state index contributed by atoms with van der Waals surface area (Å²) in [7, 11) is 1.98. The number of aliphatic hydroxyl groups excluding tert-OH is 1. The van der Waals surface area contributed by atoms with Crippen LogP contribution in [-0.4, -0.2) is 76.7 Å². The van der Waals surface area contributed by atoms with Crippen molar-refractivity contribution in [2.75, 3.05) is 32.1 Å². The molecule has 204 valence electrons. The van der Waals surface area contributed by atoms with E-state index in [1.807, 2.05) is 51.2 Å². The highest BCUT2D eigenvalue weighted by atomic mass is 16.5. The number of fused-ring (bicyclic) bond motifs is 1. The van der Waals surface area contributed by atoms with Gasteiger partial charge in [-0.05, 0) is 62.7 Å². The smallest absolute Gasteiger partial charge is 0.335 e. The third-order valence-corrected chi connectivity index (χ3v) is 7.28. The fourth-order valence-electron chi connectivity index (χ4n) is 4.75. The van der Waals surface area contributed by atoms with Gasteiger partial charge >= 0.3 is 5.97 Å². The van der Waals surface area contributed by atoms with Gasteiger partial charge in [0.15, 0.2) is 0 Å². The molecular weight excluding hydrogens is 486 g/mol. The second-order valence-electron chi connectivity index (χ2n) is 10.7. The van der Waals surface area contributed by atoms with Crippen molar-refractivity contribution < 1.29 is 29.3 Å². The zero-order valence-electron chi connectivity index (χ0n) is 22.2. The van der Waals surface area contributed by atoms with Gasteiger partial charge in [0.25, 0.3) is 0 Å². The van der Waals surface area contributed by atoms with Gasteiger partial charge in [-0.25, -0.2) is 4.79 Å². The molecule has 0 aromatic heterocycles. The van der Waals surface area contributed by atoms with Gasteiger partial charge in [-0.1, -0.05) is 19.1 Å². The topological polar surface area (TPSA) is 119 Å². The van der Waals surface area contributed by atoms with Crippen LogP contribution in [0.25, 0.3) is 0 Å². The summed E-state index contributed by atoms with van der Waals surface area (Å²) in [4.78, 5) is 40.6. The molecule has 2 aromatic rings. The van der Waals surface area contributed by atoms with Gasteiger partial charge < -0.3 is 25.2 Å². The number of nitrogens with zero attached hydrogens (tertiary/aromatic N) is 2. The fraction of sp³-hybridized carbons (Fsp3) is 0.483. The molecule has 1 aliphatic carbocycles. The molecule has 2 amide bonds. The van der Waals surface area contributed by atoms with Crippen LogP contribution in [0.2, 0.25) is 0 Å².